The van der Waals surface area contributed by atoms with E-state index in [-0.39, 0.29) is 21.5 Å². The number of carboxylic acid groups (broad SMARTS) is 1. The van der Waals surface area contributed by atoms with Crippen LogP contribution in [0.5, 0.6) is 11.5 Å². The summed E-state index contributed by atoms with van der Waals surface area (Å²) in [5.41, 5.74) is -0.590. The Labute approximate surface area is 126 Å². The second kappa shape index (κ2) is 5.88. The van der Waals surface area contributed by atoms with Crippen molar-refractivity contribution in [1.82, 2.24) is 0 Å². The fourth-order valence-electron chi connectivity index (χ4n) is 1.56. The average molecular weight is 356 g/mol. The molecule has 0 aliphatic heterocycles. The van der Waals surface area contributed by atoms with Gasteiger partial charge in [-0.25, -0.2) is 9.18 Å². The lowest BCUT2D eigenvalue weighted by molar-refractivity contribution is -0.385. The molecule has 0 spiro atoms. The molecule has 0 heterocycles. The van der Waals surface area contributed by atoms with Gasteiger partial charge in [-0.1, -0.05) is 6.07 Å². The highest BCUT2D eigenvalue weighted by Crippen LogP contribution is 2.35. The summed E-state index contributed by atoms with van der Waals surface area (Å²) in [4.78, 5) is 21.0. The van der Waals surface area contributed by atoms with E-state index in [1.165, 1.54) is 24.3 Å². The maximum absolute atomic E-state index is 13.3. The summed E-state index contributed by atoms with van der Waals surface area (Å²) in [6.07, 6.45) is 0. The van der Waals surface area contributed by atoms with Crippen molar-refractivity contribution in [2.45, 2.75) is 0 Å². The number of hydrogen-bond acceptors (Lipinski definition) is 4. The third-order valence-corrected chi connectivity index (χ3v) is 3.12. The van der Waals surface area contributed by atoms with Crippen molar-refractivity contribution < 1.29 is 24.0 Å². The van der Waals surface area contributed by atoms with E-state index in [2.05, 4.69) is 15.9 Å². The highest BCUT2D eigenvalue weighted by molar-refractivity contribution is 9.10. The van der Waals surface area contributed by atoms with Gasteiger partial charge in [-0.05, 0) is 34.1 Å². The molecule has 0 fully saturated rings. The lowest BCUT2D eigenvalue weighted by Gasteiger charge is -2.08. The molecule has 21 heavy (non-hydrogen) atoms. The highest BCUT2D eigenvalue weighted by Gasteiger charge is 2.20. The number of aromatic carboxylic acids is 1. The molecule has 2 rings (SSSR count). The maximum Gasteiger partial charge on any atom is 0.335 e. The van der Waals surface area contributed by atoms with Gasteiger partial charge >= 0.3 is 11.7 Å². The molecule has 2 aromatic rings. The van der Waals surface area contributed by atoms with Crippen LogP contribution in [0, 0.1) is 15.9 Å². The molecule has 6 nitrogen and oxygen atoms in total. The van der Waals surface area contributed by atoms with Crippen LogP contribution in [0.15, 0.2) is 40.9 Å². The minimum absolute atomic E-state index is 0.00232. The molecule has 108 valence electrons. The molecule has 0 bridgehead atoms. The molecule has 0 aliphatic carbocycles. The minimum atomic E-state index is -1.16. The Hall–Kier alpha value is -2.48. The fourth-order valence-corrected chi connectivity index (χ4v) is 1.88. The Morgan fingerprint density at radius 2 is 2.05 bits per heavy atom. The highest BCUT2D eigenvalue weighted by atomic mass is 79.9. The van der Waals surface area contributed by atoms with Crippen molar-refractivity contribution in [2.24, 2.45) is 0 Å². The molecule has 0 aromatic heterocycles. The molecular weight excluding hydrogens is 349 g/mol. The Balaban J connectivity index is 2.43. The predicted octanol–water partition coefficient (Wildman–Crippen LogP) is 3.99. The third-order valence-electron chi connectivity index (χ3n) is 2.51. The van der Waals surface area contributed by atoms with Gasteiger partial charge in [0.25, 0.3) is 0 Å². The zero-order valence-corrected chi connectivity index (χ0v) is 11.8. The number of nitro groups is 1. The van der Waals surface area contributed by atoms with E-state index in [4.69, 9.17) is 9.84 Å². The average Bonchev–Trinajstić information content (AvgIpc) is 2.42. The first-order valence-electron chi connectivity index (χ1n) is 5.53. The zero-order valence-electron chi connectivity index (χ0n) is 10.2. The SMILES string of the molecule is O=C(O)c1cccc(Oc2cc(Br)c(F)cc2[N+](=O)[O-])c1. The molecule has 0 saturated carbocycles. The van der Waals surface area contributed by atoms with Crippen LogP contribution in [-0.4, -0.2) is 16.0 Å². The predicted molar refractivity (Wildman–Crippen MR) is 74.2 cm³/mol. The van der Waals surface area contributed by atoms with E-state index in [0.717, 1.165) is 12.1 Å². The van der Waals surface area contributed by atoms with Gasteiger partial charge in [-0.2, -0.15) is 0 Å². The van der Waals surface area contributed by atoms with Crippen molar-refractivity contribution >= 4 is 27.6 Å². The number of rotatable bonds is 4. The number of benzene rings is 2. The van der Waals surface area contributed by atoms with Crippen LogP contribution in [0.4, 0.5) is 10.1 Å². The van der Waals surface area contributed by atoms with Gasteiger partial charge in [0.2, 0.25) is 5.75 Å². The molecule has 0 amide bonds. The van der Waals surface area contributed by atoms with E-state index in [9.17, 15) is 19.3 Å². The molecule has 8 heteroatoms. The number of carboxylic acids is 1. The van der Waals surface area contributed by atoms with Crippen LogP contribution in [-0.2, 0) is 0 Å². The van der Waals surface area contributed by atoms with Crippen LogP contribution in [0.3, 0.4) is 0 Å². The van der Waals surface area contributed by atoms with Gasteiger partial charge in [0.05, 0.1) is 21.0 Å². The Kier molecular flexibility index (Phi) is 4.18. The monoisotopic (exact) mass is 355 g/mol. The molecule has 0 radical (unpaired) electrons. The molecule has 2 aromatic carbocycles. The first-order chi connectivity index (χ1) is 9.88. The summed E-state index contributed by atoms with van der Waals surface area (Å²) in [6, 6.07) is 7.27. The van der Waals surface area contributed by atoms with E-state index in [1.807, 2.05) is 0 Å². The van der Waals surface area contributed by atoms with Crippen molar-refractivity contribution in [1.29, 1.82) is 0 Å². The number of hydrogen-bond donors (Lipinski definition) is 1. The standard InChI is InChI=1S/C13H7BrFNO5/c14-9-5-12(11(16(19)20)6-10(9)15)21-8-3-1-2-7(4-8)13(17)18/h1-6H,(H,17,18). The van der Waals surface area contributed by atoms with Crippen LogP contribution < -0.4 is 4.74 Å². The lowest BCUT2D eigenvalue weighted by atomic mass is 10.2. The Morgan fingerprint density at radius 1 is 1.33 bits per heavy atom. The number of halogens is 2. The van der Waals surface area contributed by atoms with Crippen LogP contribution >= 0.6 is 15.9 Å². The molecule has 0 unspecified atom stereocenters. The van der Waals surface area contributed by atoms with Gasteiger partial charge in [0.1, 0.15) is 11.6 Å². The zero-order chi connectivity index (χ0) is 15.6. The molecular formula is C13H7BrFNO5. The number of ether oxygens (including phenoxy) is 1. The van der Waals surface area contributed by atoms with Gasteiger partial charge in [0.15, 0.2) is 0 Å². The van der Waals surface area contributed by atoms with Gasteiger partial charge in [-0.15, -0.1) is 0 Å². The van der Waals surface area contributed by atoms with Crippen molar-refractivity contribution in [3.05, 3.63) is 62.4 Å². The van der Waals surface area contributed by atoms with Crippen LogP contribution in [0.1, 0.15) is 10.4 Å². The van der Waals surface area contributed by atoms with E-state index >= 15 is 0 Å². The summed E-state index contributed by atoms with van der Waals surface area (Å²) < 4.78 is 18.6. The molecule has 0 atom stereocenters. The van der Waals surface area contributed by atoms with Crippen molar-refractivity contribution in [3.8, 4) is 11.5 Å². The number of nitro benzene ring substituents is 1. The largest absolute Gasteiger partial charge is 0.478 e. The summed E-state index contributed by atoms with van der Waals surface area (Å²) in [5, 5.41) is 19.8. The summed E-state index contributed by atoms with van der Waals surface area (Å²) in [5.74, 6) is -2.06. The van der Waals surface area contributed by atoms with E-state index in [1.54, 1.807) is 0 Å². The third kappa shape index (κ3) is 3.34. The summed E-state index contributed by atoms with van der Waals surface area (Å²) >= 11 is 2.91. The van der Waals surface area contributed by atoms with E-state index < -0.39 is 22.4 Å². The molecule has 0 aliphatic rings. The first kappa shape index (κ1) is 14.9. The van der Waals surface area contributed by atoms with Crippen LogP contribution in [0.25, 0.3) is 0 Å². The molecule has 0 saturated heterocycles. The normalized spacial score (nSPS) is 10.2. The second-order valence-electron chi connectivity index (χ2n) is 3.93. The van der Waals surface area contributed by atoms with Gasteiger partial charge in [-0.3, -0.25) is 10.1 Å². The summed E-state index contributed by atoms with van der Waals surface area (Å²) in [6.45, 7) is 0. The Bertz CT molecular complexity index is 734. The molecule has 1 N–H and O–H groups in total. The van der Waals surface area contributed by atoms with Crippen molar-refractivity contribution in [2.75, 3.05) is 0 Å². The fraction of sp³-hybridized carbons (Fsp3) is 0. The van der Waals surface area contributed by atoms with E-state index in [0.29, 0.717) is 0 Å². The first-order valence-corrected chi connectivity index (χ1v) is 6.32. The van der Waals surface area contributed by atoms with Crippen LogP contribution in [0.2, 0.25) is 0 Å². The van der Waals surface area contributed by atoms with Gasteiger partial charge in [0, 0.05) is 6.07 Å². The smallest absolute Gasteiger partial charge is 0.335 e. The number of nitrogens with zero attached hydrogens (tertiary/aromatic N) is 1. The minimum Gasteiger partial charge on any atom is -0.478 e. The maximum atomic E-state index is 13.3. The summed E-state index contributed by atoms with van der Waals surface area (Å²) in [7, 11) is 0. The van der Waals surface area contributed by atoms with Crippen molar-refractivity contribution in [3.63, 3.8) is 0 Å². The number of carbonyl (C=O) groups is 1. The van der Waals surface area contributed by atoms with Gasteiger partial charge < -0.3 is 9.84 Å². The lowest BCUT2D eigenvalue weighted by Crippen LogP contribution is -1.98. The topological polar surface area (TPSA) is 89.7 Å². The Morgan fingerprint density at radius 3 is 2.67 bits per heavy atom. The second-order valence-corrected chi connectivity index (χ2v) is 4.78. The quantitative estimate of drug-likeness (QED) is 0.661.